The molecule has 0 saturated heterocycles. The standard InChI is InChI=1S/C24H30N4O4/c1-6-28-13-19(21(27-28)24(30)25-12-15(2)3)26-23(29)20-11-10-18(32-20)14-31-22-16(4)8-7-9-17(22)5/h7-11,13,15H,6,12,14H2,1-5H3,(H,25,30)(H,26,29). The second kappa shape index (κ2) is 10.2. The maximum Gasteiger partial charge on any atom is 0.291 e. The van der Waals surface area contributed by atoms with Crippen molar-refractivity contribution in [2.75, 3.05) is 11.9 Å². The van der Waals surface area contributed by atoms with E-state index < -0.39 is 5.91 Å². The topological polar surface area (TPSA) is 98.4 Å². The van der Waals surface area contributed by atoms with E-state index in [2.05, 4.69) is 15.7 Å². The molecular weight excluding hydrogens is 408 g/mol. The minimum atomic E-state index is -0.461. The first kappa shape index (κ1) is 23.1. The van der Waals surface area contributed by atoms with Gasteiger partial charge in [-0.2, -0.15) is 5.10 Å². The van der Waals surface area contributed by atoms with Crippen molar-refractivity contribution in [2.45, 2.75) is 47.8 Å². The average Bonchev–Trinajstić information content (AvgIpc) is 3.39. The highest BCUT2D eigenvalue weighted by Gasteiger charge is 2.21. The van der Waals surface area contributed by atoms with Crippen LogP contribution in [0.2, 0.25) is 0 Å². The summed E-state index contributed by atoms with van der Waals surface area (Å²) in [6.45, 7) is 11.2. The van der Waals surface area contributed by atoms with Gasteiger partial charge in [-0.25, -0.2) is 0 Å². The van der Waals surface area contributed by atoms with Gasteiger partial charge in [0.15, 0.2) is 11.5 Å². The largest absolute Gasteiger partial charge is 0.485 e. The van der Waals surface area contributed by atoms with Gasteiger partial charge in [-0.15, -0.1) is 0 Å². The molecule has 0 aliphatic carbocycles. The van der Waals surface area contributed by atoms with Crippen molar-refractivity contribution in [3.05, 3.63) is 64.9 Å². The van der Waals surface area contributed by atoms with Crippen LogP contribution in [0.15, 0.2) is 40.9 Å². The monoisotopic (exact) mass is 438 g/mol. The lowest BCUT2D eigenvalue weighted by molar-refractivity contribution is 0.0944. The second-order valence-electron chi connectivity index (χ2n) is 8.08. The number of ether oxygens (including phenoxy) is 1. The van der Waals surface area contributed by atoms with E-state index in [0.717, 1.165) is 16.9 Å². The van der Waals surface area contributed by atoms with E-state index in [4.69, 9.17) is 9.15 Å². The number of furan rings is 1. The Kier molecular flexibility index (Phi) is 7.35. The molecule has 0 atom stereocenters. The molecule has 3 rings (SSSR count). The predicted molar refractivity (Wildman–Crippen MR) is 122 cm³/mol. The Bertz CT molecular complexity index is 1080. The van der Waals surface area contributed by atoms with Gasteiger partial charge in [0.1, 0.15) is 18.1 Å². The Balaban J connectivity index is 1.68. The molecule has 2 N–H and O–H groups in total. The van der Waals surface area contributed by atoms with Crippen molar-refractivity contribution in [2.24, 2.45) is 5.92 Å². The number of carbonyl (C=O) groups excluding carboxylic acids is 2. The first-order valence-electron chi connectivity index (χ1n) is 10.7. The summed E-state index contributed by atoms with van der Waals surface area (Å²) in [7, 11) is 0. The molecule has 2 aromatic heterocycles. The lowest BCUT2D eigenvalue weighted by Crippen LogP contribution is -2.28. The summed E-state index contributed by atoms with van der Waals surface area (Å²) in [4.78, 5) is 25.3. The van der Waals surface area contributed by atoms with Crippen LogP contribution >= 0.6 is 0 Å². The molecule has 0 spiro atoms. The minimum absolute atomic E-state index is 0.128. The third-order valence-corrected chi connectivity index (χ3v) is 4.87. The highest BCUT2D eigenvalue weighted by molar-refractivity contribution is 6.07. The third-order valence-electron chi connectivity index (χ3n) is 4.87. The molecule has 0 saturated carbocycles. The molecule has 0 bridgehead atoms. The van der Waals surface area contributed by atoms with Gasteiger partial charge in [-0.1, -0.05) is 32.0 Å². The van der Waals surface area contributed by atoms with E-state index in [1.165, 1.54) is 0 Å². The van der Waals surface area contributed by atoms with Crippen LogP contribution in [0.4, 0.5) is 5.69 Å². The highest BCUT2D eigenvalue weighted by Crippen LogP contribution is 2.24. The zero-order valence-corrected chi connectivity index (χ0v) is 19.2. The Morgan fingerprint density at radius 3 is 2.50 bits per heavy atom. The van der Waals surface area contributed by atoms with Gasteiger partial charge in [-0.05, 0) is 49.9 Å². The average molecular weight is 439 g/mol. The molecule has 0 aliphatic heterocycles. The normalized spacial score (nSPS) is 10.9. The summed E-state index contributed by atoms with van der Waals surface area (Å²) in [5.41, 5.74) is 2.57. The molecule has 170 valence electrons. The van der Waals surface area contributed by atoms with Crippen LogP contribution in [-0.2, 0) is 13.2 Å². The van der Waals surface area contributed by atoms with Gasteiger partial charge in [-0.3, -0.25) is 14.3 Å². The van der Waals surface area contributed by atoms with E-state index >= 15 is 0 Å². The number of para-hydroxylation sites is 1. The Labute approximate surface area is 187 Å². The number of nitrogens with one attached hydrogen (secondary N) is 2. The van der Waals surface area contributed by atoms with Gasteiger partial charge in [0.2, 0.25) is 0 Å². The number of nitrogens with zero attached hydrogens (tertiary/aromatic N) is 2. The third kappa shape index (κ3) is 5.57. The van der Waals surface area contributed by atoms with Crippen LogP contribution < -0.4 is 15.4 Å². The molecule has 32 heavy (non-hydrogen) atoms. The maximum atomic E-state index is 12.7. The number of anilines is 1. The first-order chi connectivity index (χ1) is 15.3. The maximum absolute atomic E-state index is 12.7. The molecule has 0 unspecified atom stereocenters. The number of carbonyl (C=O) groups is 2. The molecule has 8 nitrogen and oxygen atoms in total. The molecular formula is C24H30N4O4. The SMILES string of the molecule is CCn1cc(NC(=O)c2ccc(COc3c(C)cccc3C)o2)c(C(=O)NCC(C)C)n1. The van der Waals surface area contributed by atoms with Gasteiger partial charge >= 0.3 is 0 Å². The molecule has 2 amide bonds. The molecule has 1 aromatic carbocycles. The Morgan fingerprint density at radius 1 is 1.12 bits per heavy atom. The van der Waals surface area contributed by atoms with Gasteiger partial charge in [0.25, 0.3) is 11.8 Å². The highest BCUT2D eigenvalue weighted by atomic mass is 16.5. The Morgan fingerprint density at radius 2 is 1.84 bits per heavy atom. The smallest absolute Gasteiger partial charge is 0.291 e. The number of rotatable bonds is 9. The minimum Gasteiger partial charge on any atom is -0.485 e. The fraction of sp³-hybridized carbons (Fsp3) is 0.375. The molecule has 2 heterocycles. The van der Waals surface area contributed by atoms with Crippen LogP contribution in [0, 0.1) is 19.8 Å². The van der Waals surface area contributed by atoms with E-state index in [1.807, 2.05) is 52.8 Å². The number of aryl methyl sites for hydroxylation is 3. The van der Waals surface area contributed by atoms with Crippen molar-refractivity contribution in [3.8, 4) is 5.75 Å². The van der Waals surface area contributed by atoms with Crippen molar-refractivity contribution in [1.29, 1.82) is 0 Å². The summed E-state index contributed by atoms with van der Waals surface area (Å²) in [6, 6.07) is 9.23. The van der Waals surface area contributed by atoms with Crippen LogP contribution in [0.25, 0.3) is 0 Å². The van der Waals surface area contributed by atoms with Gasteiger partial charge in [0, 0.05) is 19.3 Å². The fourth-order valence-electron chi connectivity index (χ4n) is 3.15. The summed E-state index contributed by atoms with van der Waals surface area (Å²) >= 11 is 0. The lowest BCUT2D eigenvalue weighted by Gasteiger charge is -2.10. The first-order valence-corrected chi connectivity index (χ1v) is 10.7. The summed E-state index contributed by atoms with van der Waals surface area (Å²) in [5.74, 6) is 0.969. The predicted octanol–water partition coefficient (Wildman–Crippen LogP) is 4.33. The molecule has 0 fully saturated rings. The van der Waals surface area contributed by atoms with E-state index in [9.17, 15) is 9.59 Å². The molecule has 3 aromatic rings. The zero-order valence-electron chi connectivity index (χ0n) is 19.2. The quantitative estimate of drug-likeness (QED) is 0.518. The van der Waals surface area contributed by atoms with Crippen LogP contribution in [-0.4, -0.2) is 28.1 Å². The van der Waals surface area contributed by atoms with E-state index in [0.29, 0.717) is 30.5 Å². The number of aromatic nitrogens is 2. The molecule has 8 heteroatoms. The molecule has 0 radical (unpaired) electrons. The fourth-order valence-corrected chi connectivity index (χ4v) is 3.15. The lowest BCUT2D eigenvalue weighted by atomic mass is 10.1. The number of benzene rings is 1. The summed E-state index contributed by atoms with van der Waals surface area (Å²) in [6.07, 6.45) is 1.64. The van der Waals surface area contributed by atoms with Crippen molar-refractivity contribution < 1.29 is 18.7 Å². The van der Waals surface area contributed by atoms with Gasteiger partial charge < -0.3 is 19.8 Å². The Hall–Kier alpha value is -3.55. The van der Waals surface area contributed by atoms with Crippen LogP contribution in [0.3, 0.4) is 0 Å². The van der Waals surface area contributed by atoms with Crippen LogP contribution in [0.1, 0.15) is 58.7 Å². The van der Waals surface area contributed by atoms with Crippen molar-refractivity contribution >= 4 is 17.5 Å². The van der Waals surface area contributed by atoms with Crippen LogP contribution in [0.5, 0.6) is 5.75 Å². The second-order valence-corrected chi connectivity index (χ2v) is 8.08. The van der Waals surface area contributed by atoms with Crippen molar-refractivity contribution in [1.82, 2.24) is 15.1 Å². The number of hydrogen-bond acceptors (Lipinski definition) is 5. The van der Waals surface area contributed by atoms with Crippen molar-refractivity contribution in [3.63, 3.8) is 0 Å². The number of amides is 2. The van der Waals surface area contributed by atoms with E-state index in [1.54, 1.807) is 23.0 Å². The summed E-state index contributed by atoms with van der Waals surface area (Å²) < 4.78 is 13.2. The van der Waals surface area contributed by atoms with Gasteiger partial charge in [0.05, 0.1) is 5.69 Å². The zero-order chi connectivity index (χ0) is 23.3. The van der Waals surface area contributed by atoms with E-state index in [-0.39, 0.29) is 24.0 Å². The number of hydrogen-bond donors (Lipinski definition) is 2. The summed E-state index contributed by atoms with van der Waals surface area (Å²) in [5, 5.41) is 9.84. The molecule has 0 aliphatic rings.